The van der Waals surface area contributed by atoms with Crippen molar-refractivity contribution in [2.45, 2.75) is 19.8 Å². The van der Waals surface area contributed by atoms with E-state index >= 15 is 0 Å². The molecule has 0 unspecified atom stereocenters. The first-order valence-corrected chi connectivity index (χ1v) is 6.66. The van der Waals surface area contributed by atoms with Crippen LogP contribution in [0.15, 0.2) is 6.07 Å². The minimum absolute atomic E-state index is 0.00271. The summed E-state index contributed by atoms with van der Waals surface area (Å²) < 4.78 is 20.3. The van der Waals surface area contributed by atoms with Crippen LogP contribution in [0.3, 0.4) is 0 Å². The fourth-order valence-corrected chi connectivity index (χ4v) is 1.95. The van der Waals surface area contributed by atoms with Crippen molar-refractivity contribution < 1.29 is 28.8 Å². The number of rotatable bonds is 9. The van der Waals surface area contributed by atoms with Crippen LogP contribution >= 0.6 is 11.6 Å². The molecule has 1 aromatic rings. The van der Waals surface area contributed by atoms with E-state index in [2.05, 4.69) is 0 Å². The Balaban J connectivity index is 3.14. The second-order valence-electron chi connectivity index (χ2n) is 4.32. The van der Waals surface area contributed by atoms with Crippen LogP contribution in [0.4, 0.5) is 0 Å². The molecule has 7 heteroatoms. The average Bonchev–Trinajstić information content (AvgIpc) is 2.44. The van der Waals surface area contributed by atoms with Crippen molar-refractivity contribution in [1.82, 2.24) is 0 Å². The molecule has 0 radical (unpaired) electrons. The summed E-state index contributed by atoms with van der Waals surface area (Å²) in [6.07, 6.45) is 0.579. The standard InChI is InChI=1S/C14H19ClO6/c1-9(16)4-5-10-11(17)6-12(20-7-18-2)13(15)14(10)21-8-19-3/h6,17H,4-5,7-8H2,1-3H3. The molecule has 0 atom stereocenters. The minimum Gasteiger partial charge on any atom is -0.507 e. The van der Waals surface area contributed by atoms with Crippen LogP contribution in [0.25, 0.3) is 0 Å². The van der Waals surface area contributed by atoms with E-state index < -0.39 is 0 Å². The number of phenolic OH excluding ortho intramolecular Hbond substituents is 1. The maximum atomic E-state index is 11.1. The van der Waals surface area contributed by atoms with Gasteiger partial charge in [-0.05, 0) is 13.3 Å². The van der Waals surface area contributed by atoms with E-state index in [1.807, 2.05) is 0 Å². The van der Waals surface area contributed by atoms with Crippen molar-refractivity contribution in [2.75, 3.05) is 27.8 Å². The highest BCUT2D eigenvalue weighted by atomic mass is 35.5. The monoisotopic (exact) mass is 318 g/mol. The summed E-state index contributed by atoms with van der Waals surface area (Å²) >= 11 is 6.22. The lowest BCUT2D eigenvalue weighted by molar-refractivity contribution is -0.116. The van der Waals surface area contributed by atoms with E-state index in [0.29, 0.717) is 12.0 Å². The molecule has 0 aromatic heterocycles. The first-order chi connectivity index (χ1) is 10.0. The number of methoxy groups -OCH3 is 2. The molecule has 0 aliphatic heterocycles. The molecule has 1 rings (SSSR count). The Kier molecular flexibility index (Phi) is 7.28. The molecule has 0 saturated carbocycles. The quantitative estimate of drug-likeness (QED) is 0.705. The second-order valence-corrected chi connectivity index (χ2v) is 4.70. The highest BCUT2D eigenvalue weighted by Crippen LogP contribution is 2.43. The van der Waals surface area contributed by atoms with Crippen molar-refractivity contribution in [3.8, 4) is 17.2 Å². The molecule has 0 aliphatic rings. The normalized spacial score (nSPS) is 10.5. The van der Waals surface area contributed by atoms with Crippen molar-refractivity contribution in [3.05, 3.63) is 16.7 Å². The average molecular weight is 319 g/mol. The Hall–Kier alpha value is -1.50. The molecular weight excluding hydrogens is 300 g/mol. The summed E-state index contributed by atoms with van der Waals surface area (Å²) in [5, 5.41) is 10.3. The molecule has 1 N–H and O–H groups in total. The Labute approximate surface area is 128 Å². The number of carbonyl (C=O) groups is 1. The van der Waals surface area contributed by atoms with E-state index in [4.69, 9.17) is 30.5 Å². The molecule has 0 aliphatic carbocycles. The number of ketones is 1. The largest absolute Gasteiger partial charge is 0.507 e. The van der Waals surface area contributed by atoms with E-state index in [9.17, 15) is 9.90 Å². The Morgan fingerprint density at radius 2 is 1.86 bits per heavy atom. The predicted octanol–water partition coefficient (Wildman–Crippen LogP) is 2.53. The second kappa shape index (κ2) is 8.71. The highest BCUT2D eigenvalue weighted by molar-refractivity contribution is 6.33. The van der Waals surface area contributed by atoms with Gasteiger partial charge in [-0.1, -0.05) is 11.6 Å². The lowest BCUT2D eigenvalue weighted by atomic mass is 10.1. The summed E-state index contributed by atoms with van der Waals surface area (Å²) in [6.45, 7) is 1.42. The number of halogens is 1. The third kappa shape index (κ3) is 5.08. The highest BCUT2D eigenvalue weighted by Gasteiger charge is 2.19. The molecule has 1 aromatic carbocycles. The summed E-state index contributed by atoms with van der Waals surface area (Å²) in [5.41, 5.74) is 0.442. The fraction of sp³-hybridized carbons (Fsp3) is 0.500. The maximum absolute atomic E-state index is 11.1. The summed E-state index contributed by atoms with van der Waals surface area (Å²) in [6, 6.07) is 1.37. The van der Waals surface area contributed by atoms with Crippen LogP contribution in [-0.4, -0.2) is 38.7 Å². The molecular formula is C14H19ClO6. The van der Waals surface area contributed by atoms with E-state index in [1.54, 1.807) is 0 Å². The molecule has 0 spiro atoms. The van der Waals surface area contributed by atoms with E-state index in [1.165, 1.54) is 27.2 Å². The number of hydrogen-bond acceptors (Lipinski definition) is 6. The smallest absolute Gasteiger partial charge is 0.188 e. The van der Waals surface area contributed by atoms with Crippen molar-refractivity contribution in [2.24, 2.45) is 0 Å². The van der Waals surface area contributed by atoms with Gasteiger partial charge in [-0.15, -0.1) is 0 Å². The molecule has 0 saturated heterocycles. The van der Waals surface area contributed by atoms with Gasteiger partial charge in [-0.25, -0.2) is 0 Å². The lowest BCUT2D eigenvalue weighted by Gasteiger charge is -2.17. The minimum atomic E-state index is -0.0575. The number of Topliss-reactive ketones (excluding diaryl/α,β-unsaturated/α-hetero) is 1. The van der Waals surface area contributed by atoms with Gasteiger partial charge in [0.25, 0.3) is 0 Å². The van der Waals surface area contributed by atoms with Crippen molar-refractivity contribution in [3.63, 3.8) is 0 Å². The van der Waals surface area contributed by atoms with Gasteiger partial charge in [0.1, 0.15) is 22.3 Å². The number of phenols is 1. The topological polar surface area (TPSA) is 74.2 Å². The summed E-state index contributed by atoms with van der Waals surface area (Å²) in [4.78, 5) is 11.1. The van der Waals surface area contributed by atoms with Gasteiger partial charge in [-0.2, -0.15) is 0 Å². The number of benzene rings is 1. The van der Waals surface area contributed by atoms with Crippen LogP contribution < -0.4 is 9.47 Å². The third-order valence-corrected chi connectivity index (χ3v) is 3.01. The fourth-order valence-electron chi connectivity index (χ4n) is 1.67. The predicted molar refractivity (Wildman–Crippen MR) is 77.1 cm³/mol. The first-order valence-electron chi connectivity index (χ1n) is 6.28. The maximum Gasteiger partial charge on any atom is 0.188 e. The third-order valence-electron chi connectivity index (χ3n) is 2.65. The summed E-state index contributed by atoms with van der Waals surface area (Å²) in [7, 11) is 2.94. The number of aromatic hydroxyl groups is 1. The molecule has 0 amide bonds. The molecule has 21 heavy (non-hydrogen) atoms. The zero-order chi connectivity index (χ0) is 15.8. The number of carbonyl (C=O) groups excluding carboxylic acids is 1. The van der Waals surface area contributed by atoms with Crippen LogP contribution in [0.5, 0.6) is 17.2 Å². The van der Waals surface area contributed by atoms with Crippen LogP contribution in [0, 0.1) is 0 Å². The van der Waals surface area contributed by atoms with Gasteiger partial charge >= 0.3 is 0 Å². The Morgan fingerprint density at radius 1 is 1.24 bits per heavy atom. The van der Waals surface area contributed by atoms with Gasteiger partial charge in [-0.3, -0.25) is 0 Å². The molecule has 0 fully saturated rings. The van der Waals surface area contributed by atoms with Gasteiger partial charge in [0.05, 0.1) is 0 Å². The van der Waals surface area contributed by atoms with Gasteiger partial charge in [0.2, 0.25) is 0 Å². The van der Waals surface area contributed by atoms with E-state index in [0.717, 1.165) is 0 Å². The van der Waals surface area contributed by atoms with Crippen LogP contribution in [-0.2, 0) is 20.7 Å². The Morgan fingerprint density at radius 3 is 2.43 bits per heavy atom. The van der Waals surface area contributed by atoms with Gasteiger partial charge in [0, 0.05) is 32.3 Å². The van der Waals surface area contributed by atoms with Crippen LogP contribution in [0.1, 0.15) is 18.9 Å². The van der Waals surface area contributed by atoms with Gasteiger partial charge < -0.3 is 28.8 Å². The number of ether oxygens (including phenoxy) is 4. The van der Waals surface area contributed by atoms with Crippen molar-refractivity contribution in [1.29, 1.82) is 0 Å². The van der Waals surface area contributed by atoms with E-state index in [-0.39, 0.29) is 48.1 Å². The first kappa shape index (κ1) is 17.6. The zero-order valence-electron chi connectivity index (χ0n) is 12.3. The Bertz CT molecular complexity index is 489. The lowest BCUT2D eigenvalue weighted by Crippen LogP contribution is -2.06. The molecule has 6 nitrogen and oxygen atoms in total. The van der Waals surface area contributed by atoms with Crippen LogP contribution in [0.2, 0.25) is 5.02 Å². The SMILES string of the molecule is COCOc1cc(O)c(CCC(C)=O)c(OCOC)c1Cl. The summed E-state index contributed by atoms with van der Waals surface area (Å²) in [5.74, 6) is 0.417. The molecule has 118 valence electrons. The van der Waals surface area contributed by atoms with Gasteiger partial charge in [0.15, 0.2) is 19.3 Å². The molecule has 0 bridgehead atoms. The number of hydrogen-bond donors (Lipinski definition) is 1. The zero-order valence-corrected chi connectivity index (χ0v) is 13.0. The molecule has 0 heterocycles. The van der Waals surface area contributed by atoms with Crippen molar-refractivity contribution >= 4 is 17.4 Å².